The van der Waals surface area contributed by atoms with E-state index in [9.17, 15) is 4.39 Å². The van der Waals surface area contributed by atoms with Crippen LogP contribution in [0.2, 0.25) is 0 Å². The van der Waals surface area contributed by atoms with Gasteiger partial charge in [0.2, 0.25) is 0 Å². The molecule has 2 heterocycles. The van der Waals surface area contributed by atoms with Crippen LogP contribution in [0.15, 0.2) is 30.9 Å². The molecule has 0 N–H and O–H groups in total. The largest absolute Gasteiger partial charge is 0.486 e. The summed E-state index contributed by atoms with van der Waals surface area (Å²) in [6.45, 7) is 3.24. The van der Waals surface area contributed by atoms with Gasteiger partial charge in [-0.15, -0.1) is 0 Å². The third-order valence-electron chi connectivity index (χ3n) is 2.23. The van der Waals surface area contributed by atoms with Crippen LogP contribution < -0.4 is 4.74 Å². The third-order valence-corrected chi connectivity index (χ3v) is 2.23. The molecule has 0 fully saturated rings. The van der Waals surface area contributed by atoms with E-state index in [0.717, 1.165) is 13.0 Å². The summed E-state index contributed by atoms with van der Waals surface area (Å²) in [7, 11) is 0. The average Bonchev–Trinajstić information content (AvgIpc) is 2.75. The van der Waals surface area contributed by atoms with Crippen molar-refractivity contribution in [3.63, 3.8) is 0 Å². The molecule has 4 nitrogen and oxygen atoms in total. The Hall–Kier alpha value is -1.91. The fraction of sp³-hybridized carbons (Fsp3) is 0.333. The first-order chi connectivity index (χ1) is 8.28. The Balaban J connectivity index is 1.93. The van der Waals surface area contributed by atoms with Crippen LogP contribution in [0.1, 0.15) is 18.9 Å². The summed E-state index contributed by atoms with van der Waals surface area (Å²) >= 11 is 0. The lowest BCUT2D eigenvalue weighted by Crippen LogP contribution is -1.97. The molecule has 0 saturated carbocycles. The Morgan fingerprint density at radius 3 is 3.00 bits per heavy atom. The number of nitrogens with zero attached hydrogens (tertiary/aromatic N) is 3. The minimum atomic E-state index is -0.354. The van der Waals surface area contributed by atoms with E-state index in [2.05, 4.69) is 17.0 Å². The van der Waals surface area contributed by atoms with Gasteiger partial charge in [0, 0.05) is 18.3 Å². The van der Waals surface area contributed by atoms with Crippen LogP contribution in [0.5, 0.6) is 5.75 Å². The molecule has 2 rings (SSSR count). The van der Waals surface area contributed by atoms with E-state index in [1.165, 1.54) is 12.3 Å². The van der Waals surface area contributed by atoms with Crippen molar-refractivity contribution in [2.45, 2.75) is 26.5 Å². The van der Waals surface area contributed by atoms with E-state index < -0.39 is 0 Å². The molecule has 0 radical (unpaired) electrons. The fourth-order valence-corrected chi connectivity index (χ4v) is 1.47. The highest BCUT2D eigenvalue weighted by Gasteiger charge is 2.01. The van der Waals surface area contributed by atoms with Crippen molar-refractivity contribution in [1.29, 1.82) is 0 Å². The maximum Gasteiger partial charge on any atom is 0.157 e. The number of aryl methyl sites for hydroxylation is 1. The molecular formula is C12H14FN3O. The Bertz CT molecular complexity index is 484. The molecule has 0 aliphatic heterocycles. The van der Waals surface area contributed by atoms with Crippen molar-refractivity contribution >= 4 is 0 Å². The lowest BCUT2D eigenvalue weighted by atomic mass is 10.3. The number of ether oxygens (including phenoxy) is 1. The zero-order valence-corrected chi connectivity index (χ0v) is 9.64. The number of aromatic nitrogens is 3. The van der Waals surface area contributed by atoms with Crippen molar-refractivity contribution in [2.75, 3.05) is 0 Å². The molecule has 0 saturated heterocycles. The van der Waals surface area contributed by atoms with Crippen LogP contribution in [0.3, 0.4) is 0 Å². The SMILES string of the molecule is CCCn1cc(OCc2cncc(F)c2)cn1. The molecule has 5 heteroatoms. The lowest BCUT2D eigenvalue weighted by molar-refractivity contribution is 0.304. The second-order valence-corrected chi connectivity index (χ2v) is 3.74. The van der Waals surface area contributed by atoms with Gasteiger partial charge < -0.3 is 4.74 Å². The lowest BCUT2D eigenvalue weighted by Gasteiger charge is -2.02. The van der Waals surface area contributed by atoms with Crippen LogP contribution >= 0.6 is 0 Å². The van der Waals surface area contributed by atoms with Gasteiger partial charge in [-0.05, 0) is 12.5 Å². The predicted octanol–water partition coefficient (Wildman–Crippen LogP) is 2.41. The van der Waals surface area contributed by atoms with Gasteiger partial charge in [0.1, 0.15) is 12.4 Å². The predicted molar refractivity (Wildman–Crippen MR) is 61.0 cm³/mol. The first-order valence-corrected chi connectivity index (χ1v) is 5.52. The van der Waals surface area contributed by atoms with E-state index >= 15 is 0 Å². The van der Waals surface area contributed by atoms with Crippen molar-refractivity contribution < 1.29 is 9.13 Å². The third kappa shape index (κ3) is 3.27. The second-order valence-electron chi connectivity index (χ2n) is 3.74. The summed E-state index contributed by atoms with van der Waals surface area (Å²) in [6.07, 6.45) is 7.26. The maximum absolute atomic E-state index is 12.9. The van der Waals surface area contributed by atoms with Gasteiger partial charge in [-0.25, -0.2) is 4.39 Å². The van der Waals surface area contributed by atoms with E-state index in [1.807, 2.05) is 10.9 Å². The molecule has 0 spiro atoms. The minimum absolute atomic E-state index is 0.294. The Morgan fingerprint density at radius 1 is 1.35 bits per heavy atom. The standard InChI is InChI=1S/C12H14FN3O/c1-2-3-16-8-12(7-15-16)17-9-10-4-11(13)6-14-5-10/h4-8H,2-3,9H2,1H3. The first-order valence-electron chi connectivity index (χ1n) is 5.52. The van der Waals surface area contributed by atoms with Crippen molar-refractivity contribution in [2.24, 2.45) is 0 Å². The zero-order valence-electron chi connectivity index (χ0n) is 9.64. The molecule has 90 valence electrons. The minimum Gasteiger partial charge on any atom is -0.486 e. The van der Waals surface area contributed by atoms with Crippen LogP contribution in [0.25, 0.3) is 0 Å². The molecule has 0 atom stereocenters. The second kappa shape index (κ2) is 5.43. The molecule has 17 heavy (non-hydrogen) atoms. The molecule has 0 bridgehead atoms. The van der Waals surface area contributed by atoms with Crippen LogP contribution in [-0.4, -0.2) is 14.8 Å². The molecular weight excluding hydrogens is 221 g/mol. The number of hydrogen-bond donors (Lipinski definition) is 0. The molecule has 0 aliphatic rings. The summed E-state index contributed by atoms with van der Waals surface area (Å²) in [6, 6.07) is 1.41. The zero-order chi connectivity index (χ0) is 12.1. The highest BCUT2D eigenvalue weighted by Crippen LogP contribution is 2.11. The molecule has 0 amide bonds. The number of hydrogen-bond acceptors (Lipinski definition) is 3. The van der Waals surface area contributed by atoms with Gasteiger partial charge in [0.05, 0.1) is 18.6 Å². The molecule has 0 aromatic carbocycles. The number of halogens is 1. The molecule has 0 aliphatic carbocycles. The normalized spacial score (nSPS) is 10.5. The van der Waals surface area contributed by atoms with Crippen molar-refractivity contribution in [1.82, 2.24) is 14.8 Å². The first kappa shape index (κ1) is 11.6. The number of pyridine rings is 1. The van der Waals surface area contributed by atoms with Crippen LogP contribution in [-0.2, 0) is 13.2 Å². The van der Waals surface area contributed by atoms with Gasteiger partial charge in [-0.3, -0.25) is 9.67 Å². The van der Waals surface area contributed by atoms with Gasteiger partial charge in [-0.1, -0.05) is 6.92 Å². The molecule has 2 aromatic rings. The van der Waals surface area contributed by atoms with Crippen molar-refractivity contribution in [3.8, 4) is 5.75 Å². The monoisotopic (exact) mass is 235 g/mol. The Kier molecular flexibility index (Phi) is 3.69. The van der Waals surface area contributed by atoms with E-state index in [-0.39, 0.29) is 5.82 Å². The maximum atomic E-state index is 12.9. The van der Waals surface area contributed by atoms with Gasteiger partial charge >= 0.3 is 0 Å². The Labute approximate surface area is 99.1 Å². The van der Waals surface area contributed by atoms with Crippen molar-refractivity contribution in [3.05, 3.63) is 42.2 Å². The summed E-state index contributed by atoms with van der Waals surface area (Å²) in [4.78, 5) is 3.76. The fourth-order valence-electron chi connectivity index (χ4n) is 1.47. The topological polar surface area (TPSA) is 39.9 Å². The van der Waals surface area contributed by atoms with Gasteiger partial charge in [0.15, 0.2) is 5.75 Å². The smallest absolute Gasteiger partial charge is 0.157 e. The number of rotatable bonds is 5. The van der Waals surface area contributed by atoms with E-state index in [4.69, 9.17) is 4.74 Å². The summed E-state index contributed by atoms with van der Waals surface area (Å²) < 4.78 is 20.2. The summed E-state index contributed by atoms with van der Waals surface area (Å²) in [5.41, 5.74) is 0.702. The van der Waals surface area contributed by atoms with Crippen LogP contribution in [0.4, 0.5) is 4.39 Å². The van der Waals surface area contributed by atoms with E-state index in [1.54, 1.807) is 12.4 Å². The van der Waals surface area contributed by atoms with Gasteiger partial charge in [0.25, 0.3) is 0 Å². The van der Waals surface area contributed by atoms with E-state index in [0.29, 0.717) is 17.9 Å². The quantitative estimate of drug-likeness (QED) is 0.799. The average molecular weight is 235 g/mol. The summed E-state index contributed by atoms with van der Waals surface area (Å²) in [5.74, 6) is 0.329. The molecule has 2 aromatic heterocycles. The molecule has 0 unspecified atom stereocenters. The van der Waals surface area contributed by atoms with Crippen LogP contribution in [0, 0.1) is 5.82 Å². The summed E-state index contributed by atoms with van der Waals surface area (Å²) in [5, 5.41) is 4.14. The highest BCUT2D eigenvalue weighted by atomic mass is 19.1. The highest BCUT2D eigenvalue weighted by molar-refractivity contribution is 5.14. The Morgan fingerprint density at radius 2 is 2.24 bits per heavy atom. The van der Waals surface area contributed by atoms with Gasteiger partial charge in [-0.2, -0.15) is 5.10 Å².